The highest BCUT2D eigenvalue weighted by molar-refractivity contribution is 6.46. The van der Waals surface area contributed by atoms with Crippen LogP contribution < -0.4 is 20.4 Å². The molecule has 12 heteroatoms. The molecular weight excluding hydrogens is 447 g/mol. The number of carbonyl (C=O) groups is 3. The summed E-state index contributed by atoms with van der Waals surface area (Å²) in [6.45, 7) is 5.69. The molecule has 0 saturated carbocycles. The van der Waals surface area contributed by atoms with Gasteiger partial charge in [0.15, 0.2) is 5.75 Å². The van der Waals surface area contributed by atoms with E-state index in [1.165, 1.54) is 30.4 Å². The van der Waals surface area contributed by atoms with Gasteiger partial charge in [-0.2, -0.15) is 10.4 Å². The van der Waals surface area contributed by atoms with Crippen molar-refractivity contribution in [2.24, 2.45) is 16.0 Å². The molecule has 31 heavy (non-hydrogen) atoms. The van der Waals surface area contributed by atoms with Crippen molar-refractivity contribution in [1.82, 2.24) is 10.6 Å². The normalized spacial score (nSPS) is 12.1. The minimum atomic E-state index is -0.961. The number of amides is 3. The van der Waals surface area contributed by atoms with Gasteiger partial charge >= 0.3 is 0 Å². The van der Waals surface area contributed by atoms with E-state index in [1.54, 1.807) is 13.0 Å². The van der Waals surface area contributed by atoms with Crippen LogP contribution in [0.1, 0.15) is 20.8 Å². The number of nitrogens with one attached hydrogen (secondary N) is 2. The zero-order valence-corrected chi connectivity index (χ0v) is 18.7. The van der Waals surface area contributed by atoms with Crippen LogP contribution in [0.4, 0.5) is 5.69 Å². The zero-order chi connectivity index (χ0) is 23.6. The third-order valence-corrected chi connectivity index (χ3v) is 4.28. The summed E-state index contributed by atoms with van der Waals surface area (Å²) >= 11 is 12.6. The maximum atomic E-state index is 11.6. The van der Waals surface area contributed by atoms with Gasteiger partial charge in [0.05, 0.1) is 21.9 Å². The molecule has 10 nitrogen and oxygen atoms in total. The highest BCUT2D eigenvalue weighted by Gasteiger charge is 2.16. The number of hydrogen-bond donors (Lipinski definition) is 2. The fourth-order valence-electron chi connectivity index (χ4n) is 1.88. The third-order valence-electron chi connectivity index (χ3n) is 3.72. The van der Waals surface area contributed by atoms with Crippen molar-refractivity contribution in [3.63, 3.8) is 0 Å². The molecule has 0 aliphatic rings. The van der Waals surface area contributed by atoms with Crippen LogP contribution in [0.5, 0.6) is 5.75 Å². The van der Waals surface area contributed by atoms with Crippen LogP contribution in [0.2, 0.25) is 10.0 Å². The maximum Gasteiger partial charge on any atom is 0.288 e. The second-order valence-electron chi connectivity index (χ2n) is 6.19. The molecule has 1 aromatic rings. The van der Waals surface area contributed by atoms with Crippen molar-refractivity contribution in [3.05, 3.63) is 34.3 Å². The lowest BCUT2D eigenvalue weighted by molar-refractivity contribution is -0.120. The number of anilines is 1. The number of imide groups is 1. The Morgan fingerprint density at radius 3 is 2.35 bits per heavy atom. The Kier molecular flexibility index (Phi) is 10.2. The van der Waals surface area contributed by atoms with Gasteiger partial charge in [-0.15, -0.1) is 0 Å². The largest absolute Gasteiger partial charge is 0.434 e. The van der Waals surface area contributed by atoms with Crippen molar-refractivity contribution >= 4 is 59.0 Å². The Hall–Kier alpha value is -3.42. The van der Waals surface area contributed by atoms with Gasteiger partial charge in [-0.1, -0.05) is 37.0 Å². The average Bonchev–Trinajstić information content (AvgIpc) is 2.71. The van der Waals surface area contributed by atoms with E-state index in [-0.39, 0.29) is 34.0 Å². The molecule has 0 aliphatic carbocycles. The minimum absolute atomic E-state index is 0.0542. The van der Waals surface area contributed by atoms with E-state index in [1.807, 2.05) is 19.2 Å². The number of ether oxygens (including phenoxy) is 1. The van der Waals surface area contributed by atoms with E-state index < -0.39 is 11.6 Å². The summed E-state index contributed by atoms with van der Waals surface area (Å²) in [6, 6.07) is 4.46. The molecule has 0 bridgehead atoms. The van der Waals surface area contributed by atoms with Crippen LogP contribution in [0.15, 0.2) is 34.3 Å². The summed E-state index contributed by atoms with van der Waals surface area (Å²) in [5.41, 5.74) is 0.521. The number of halogens is 2. The number of benzene rings is 1. The van der Waals surface area contributed by atoms with Crippen LogP contribution in [-0.2, 0) is 14.4 Å². The Morgan fingerprint density at radius 2 is 1.87 bits per heavy atom. The van der Waals surface area contributed by atoms with Crippen molar-refractivity contribution in [1.29, 1.82) is 5.26 Å². The Bertz CT molecular complexity index is 959. The molecule has 0 saturated heterocycles. The van der Waals surface area contributed by atoms with Gasteiger partial charge in [0.25, 0.3) is 5.91 Å². The number of aliphatic imine (C=N–C) groups is 1. The molecule has 164 valence electrons. The lowest BCUT2D eigenvalue weighted by Gasteiger charge is -2.17. The van der Waals surface area contributed by atoms with Crippen LogP contribution in [0.3, 0.4) is 0 Å². The highest BCUT2D eigenvalue weighted by atomic mass is 35.5. The van der Waals surface area contributed by atoms with Crippen molar-refractivity contribution in [2.75, 3.05) is 12.1 Å². The SMILES string of the molecule is CC(=N/C(=C\NC=O)Oc1c(Cl)cc(N(C)/N=C(/C#N)C(=O)NC=O)cc1Cl)C(C)C. The summed E-state index contributed by atoms with van der Waals surface area (Å²) in [6.07, 6.45) is 1.85. The molecule has 0 spiro atoms. The smallest absolute Gasteiger partial charge is 0.288 e. The van der Waals surface area contributed by atoms with E-state index in [0.29, 0.717) is 12.1 Å². The average molecular weight is 467 g/mol. The Morgan fingerprint density at radius 1 is 1.26 bits per heavy atom. The Labute approximate surface area is 189 Å². The number of hydrogen-bond acceptors (Lipinski definition) is 8. The van der Waals surface area contributed by atoms with Crippen molar-refractivity contribution in [3.8, 4) is 11.8 Å². The van der Waals surface area contributed by atoms with Gasteiger partial charge in [0.1, 0.15) is 6.07 Å². The van der Waals surface area contributed by atoms with E-state index in [4.69, 9.17) is 33.2 Å². The van der Waals surface area contributed by atoms with Gasteiger partial charge in [-0.05, 0) is 25.0 Å². The summed E-state index contributed by atoms with van der Waals surface area (Å²) < 4.78 is 5.68. The highest BCUT2D eigenvalue weighted by Crippen LogP contribution is 2.38. The van der Waals surface area contributed by atoms with Crippen LogP contribution in [0.25, 0.3) is 0 Å². The molecular formula is C19H20Cl2N6O4. The van der Waals surface area contributed by atoms with Gasteiger partial charge in [-0.3, -0.25) is 24.7 Å². The van der Waals surface area contributed by atoms with Crippen LogP contribution in [0, 0.1) is 17.2 Å². The monoisotopic (exact) mass is 466 g/mol. The molecule has 3 amide bonds. The minimum Gasteiger partial charge on any atom is -0.434 e. The number of nitriles is 1. The molecule has 1 aromatic carbocycles. The predicted octanol–water partition coefficient (Wildman–Crippen LogP) is 2.62. The van der Waals surface area contributed by atoms with E-state index in [2.05, 4.69) is 15.4 Å². The molecule has 0 heterocycles. The lowest BCUT2D eigenvalue weighted by Crippen LogP contribution is -2.30. The molecule has 2 N–H and O–H groups in total. The fourth-order valence-corrected chi connectivity index (χ4v) is 2.43. The van der Waals surface area contributed by atoms with Gasteiger partial charge in [0.2, 0.25) is 24.4 Å². The molecule has 0 atom stereocenters. The second kappa shape index (κ2) is 12.3. The first-order valence-corrected chi connectivity index (χ1v) is 9.49. The first kappa shape index (κ1) is 25.6. The first-order chi connectivity index (χ1) is 14.6. The number of nitrogens with zero attached hydrogens (tertiary/aromatic N) is 4. The molecule has 0 unspecified atom stereocenters. The standard InChI is InChI=1S/C19H20Cl2N6O4/c1-11(2)12(3)25-17(8-23-9-28)31-18-14(20)5-13(6-15(18)21)27(4)26-16(7-22)19(30)24-10-29/h5-6,8-11H,1-4H3,(H,23,28)(H,24,29,30)/b17-8+,25-12?,26-16-. The number of rotatable bonds is 10. The zero-order valence-electron chi connectivity index (χ0n) is 17.1. The second-order valence-corrected chi connectivity index (χ2v) is 7.01. The van der Waals surface area contributed by atoms with Crippen LogP contribution in [-0.4, -0.2) is 37.2 Å². The molecule has 0 radical (unpaired) electrons. The van der Waals surface area contributed by atoms with E-state index >= 15 is 0 Å². The van der Waals surface area contributed by atoms with Crippen molar-refractivity contribution in [2.45, 2.75) is 20.8 Å². The molecule has 0 aromatic heterocycles. The summed E-state index contributed by atoms with van der Waals surface area (Å²) in [5, 5.41) is 18.4. The molecule has 0 fully saturated rings. The van der Waals surface area contributed by atoms with Gasteiger partial charge < -0.3 is 10.1 Å². The summed E-state index contributed by atoms with van der Waals surface area (Å²) in [7, 11) is 1.45. The quantitative estimate of drug-likeness (QED) is 0.235. The number of hydrazone groups is 1. The lowest BCUT2D eigenvalue weighted by atomic mass is 10.1. The fraction of sp³-hybridized carbons (Fsp3) is 0.263. The Balaban J connectivity index is 3.28. The first-order valence-electron chi connectivity index (χ1n) is 8.73. The van der Waals surface area contributed by atoms with E-state index in [9.17, 15) is 14.4 Å². The maximum absolute atomic E-state index is 11.6. The molecule has 1 rings (SSSR count). The van der Waals surface area contributed by atoms with Gasteiger partial charge in [-0.25, -0.2) is 4.99 Å². The summed E-state index contributed by atoms with van der Waals surface area (Å²) in [4.78, 5) is 37.0. The summed E-state index contributed by atoms with van der Waals surface area (Å²) in [5.74, 6) is -0.701. The van der Waals surface area contributed by atoms with Gasteiger partial charge in [0, 0.05) is 12.8 Å². The third kappa shape index (κ3) is 7.73. The van der Waals surface area contributed by atoms with E-state index in [0.717, 1.165) is 5.71 Å². The predicted molar refractivity (Wildman–Crippen MR) is 118 cm³/mol. The topological polar surface area (TPSA) is 136 Å². The van der Waals surface area contributed by atoms with Crippen LogP contribution >= 0.6 is 23.2 Å². The number of carbonyl (C=O) groups excluding carboxylic acids is 3. The van der Waals surface area contributed by atoms with Crippen molar-refractivity contribution < 1.29 is 19.1 Å². The molecule has 0 aliphatic heterocycles.